The molecule has 4 nitrogen and oxygen atoms in total. The summed E-state index contributed by atoms with van der Waals surface area (Å²) in [7, 11) is 1.29. The molecule has 0 aliphatic heterocycles. The van der Waals surface area contributed by atoms with Crippen molar-refractivity contribution in [1.82, 2.24) is 0 Å². The van der Waals surface area contributed by atoms with Crippen molar-refractivity contribution in [3.05, 3.63) is 53.0 Å². The summed E-state index contributed by atoms with van der Waals surface area (Å²) in [4.78, 5) is 11.4. The van der Waals surface area contributed by atoms with Crippen LogP contribution in [0.2, 0.25) is 0 Å². The molecule has 0 amide bonds. The van der Waals surface area contributed by atoms with Crippen LogP contribution in [0, 0.1) is 18.6 Å². The van der Waals surface area contributed by atoms with Crippen LogP contribution in [0.4, 0.5) is 14.5 Å². The molecular weight excluding hydrogens is 268 g/mol. The van der Waals surface area contributed by atoms with Crippen LogP contribution in [-0.2, 0) is 11.3 Å². The third-order valence-electron chi connectivity index (χ3n) is 2.76. The van der Waals surface area contributed by atoms with E-state index in [1.165, 1.54) is 13.2 Å². The van der Waals surface area contributed by atoms with E-state index in [1.54, 1.807) is 13.0 Å². The van der Waals surface area contributed by atoms with E-state index >= 15 is 0 Å². The van der Waals surface area contributed by atoms with Gasteiger partial charge >= 0.3 is 5.97 Å². The SMILES string of the molecule is COC(=O)c1cc(CNc2ccc(F)c(F)c2)oc1C. The Bertz CT molecular complexity index is 637. The number of carbonyl (C=O) groups excluding carboxylic acids is 1. The summed E-state index contributed by atoms with van der Waals surface area (Å²) >= 11 is 0. The van der Waals surface area contributed by atoms with Crippen molar-refractivity contribution in [3.63, 3.8) is 0 Å². The number of hydrogen-bond donors (Lipinski definition) is 1. The third-order valence-corrected chi connectivity index (χ3v) is 2.76. The molecule has 1 aromatic heterocycles. The molecule has 0 spiro atoms. The molecule has 0 radical (unpaired) electrons. The van der Waals surface area contributed by atoms with Crippen molar-refractivity contribution in [2.24, 2.45) is 0 Å². The van der Waals surface area contributed by atoms with Crippen LogP contribution in [0.15, 0.2) is 28.7 Å². The number of esters is 1. The van der Waals surface area contributed by atoms with Gasteiger partial charge in [-0.2, -0.15) is 0 Å². The van der Waals surface area contributed by atoms with Crippen LogP contribution in [-0.4, -0.2) is 13.1 Å². The van der Waals surface area contributed by atoms with Gasteiger partial charge in [-0.25, -0.2) is 13.6 Å². The first-order valence-corrected chi connectivity index (χ1v) is 5.88. The molecule has 0 saturated carbocycles. The van der Waals surface area contributed by atoms with E-state index in [-0.39, 0.29) is 6.54 Å². The molecule has 2 rings (SSSR count). The molecule has 0 atom stereocenters. The Morgan fingerprint density at radius 3 is 2.70 bits per heavy atom. The highest BCUT2D eigenvalue weighted by Gasteiger charge is 2.15. The Balaban J connectivity index is 2.07. The molecule has 0 saturated heterocycles. The van der Waals surface area contributed by atoms with Gasteiger partial charge in [-0.15, -0.1) is 0 Å². The smallest absolute Gasteiger partial charge is 0.341 e. The predicted molar refractivity (Wildman–Crippen MR) is 68.5 cm³/mol. The lowest BCUT2D eigenvalue weighted by molar-refractivity contribution is 0.0599. The maximum absolute atomic E-state index is 13.0. The molecule has 0 bridgehead atoms. The Morgan fingerprint density at radius 1 is 1.30 bits per heavy atom. The van der Waals surface area contributed by atoms with Gasteiger partial charge in [0, 0.05) is 11.8 Å². The van der Waals surface area contributed by atoms with Gasteiger partial charge in [-0.3, -0.25) is 0 Å². The minimum atomic E-state index is -0.930. The first-order chi connectivity index (χ1) is 9.51. The Kier molecular flexibility index (Phi) is 4.02. The zero-order chi connectivity index (χ0) is 14.7. The van der Waals surface area contributed by atoms with Crippen molar-refractivity contribution < 1.29 is 22.7 Å². The van der Waals surface area contributed by atoms with Gasteiger partial charge in [0.25, 0.3) is 0 Å². The normalized spacial score (nSPS) is 10.4. The lowest BCUT2D eigenvalue weighted by atomic mass is 10.2. The molecular formula is C14H13F2NO3. The quantitative estimate of drug-likeness (QED) is 0.874. The van der Waals surface area contributed by atoms with Gasteiger partial charge in [0.15, 0.2) is 11.6 Å². The fourth-order valence-corrected chi connectivity index (χ4v) is 1.74. The second kappa shape index (κ2) is 5.73. The topological polar surface area (TPSA) is 51.5 Å². The number of anilines is 1. The standard InChI is InChI=1S/C14H13F2NO3/c1-8-11(14(18)19-2)6-10(20-8)7-17-9-3-4-12(15)13(16)5-9/h3-6,17H,7H2,1-2H3. The first-order valence-electron chi connectivity index (χ1n) is 5.88. The molecule has 1 heterocycles. The molecule has 0 aliphatic rings. The Labute approximate surface area is 114 Å². The molecule has 2 aromatic rings. The summed E-state index contributed by atoms with van der Waals surface area (Å²) in [6.45, 7) is 1.89. The fraction of sp³-hybridized carbons (Fsp3) is 0.214. The van der Waals surface area contributed by atoms with E-state index in [2.05, 4.69) is 10.1 Å². The summed E-state index contributed by atoms with van der Waals surface area (Å²) in [5.41, 5.74) is 0.757. The number of ether oxygens (including phenoxy) is 1. The second-order valence-electron chi connectivity index (χ2n) is 4.16. The monoisotopic (exact) mass is 281 g/mol. The molecule has 106 valence electrons. The van der Waals surface area contributed by atoms with Gasteiger partial charge in [0.2, 0.25) is 0 Å². The highest BCUT2D eigenvalue weighted by molar-refractivity contribution is 5.90. The number of hydrogen-bond acceptors (Lipinski definition) is 4. The van der Waals surface area contributed by atoms with Crippen LogP contribution in [0.5, 0.6) is 0 Å². The maximum Gasteiger partial charge on any atom is 0.341 e. The first kappa shape index (κ1) is 14.0. The van der Waals surface area contributed by atoms with Crippen LogP contribution in [0.1, 0.15) is 21.9 Å². The maximum atomic E-state index is 13.0. The lowest BCUT2D eigenvalue weighted by Crippen LogP contribution is -2.01. The summed E-state index contributed by atoms with van der Waals surface area (Å²) in [6, 6.07) is 5.04. The zero-order valence-electron chi connectivity index (χ0n) is 11.0. The summed E-state index contributed by atoms with van der Waals surface area (Å²) in [6.07, 6.45) is 0. The average molecular weight is 281 g/mol. The molecule has 20 heavy (non-hydrogen) atoms. The summed E-state index contributed by atoms with van der Waals surface area (Å²) in [5.74, 6) is -1.38. The van der Waals surface area contributed by atoms with Gasteiger partial charge in [0.05, 0.1) is 13.7 Å². The molecule has 1 N–H and O–H groups in total. The van der Waals surface area contributed by atoms with Crippen molar-refractivity contribution >= 4 is 11.7 Å². The number of nitrogens with one attached hydrogen (secondary N) is 1. The number of aryl methyl sites for hydroxylation is 1. The molecule has 6 heteroatoms. The number of carbonyl (C=O) groups is 1. The van der Waals surface area contributed by atoms with Gasteiger partial charge < -0.3 is 14.5 Å². The van der Waals surface area contributed by atoms with Gasteiger partial charge in [0.1, 0.15) is 17.1 Å². The number of methoxy groups -OCH3 is 1. The van der Waals surface area contributed by atoms with Gasteiger partial charge in [-0.1, -0.05) is 0 Å². The lowest BCUT2D eigenvalue weighted by Gasteiger charge is -2.04. The molecule has 0 aliphatic carbocycles. The van der Waals surface area contributed by atoms with Crippen molar-refractivity contribution in [2.45, 2.75) is 13.5 Å². The van der Waals surface area contributed by atoms with Crippen LogP contribution in [0.25, 0.3) is 0 Å². The zero-order valence-corrected chi connectivity index (χ0v) is 11.0. The van der Waals surface area contributed by atoms with E-state index in [0.717, 1.165) is 12.1 Å². The third kappa shape index (κ3) is 2.96. The fourth-order valence-electron chi connectivity index (χ4n) is 1.74. The minimum absolute atomic E-state index is 0.239. The van der Waals surface area contributed by atoms with Crippen LogP contribution >= 0.6 is 0 Å². The molecule has 0 fully saturated rings. The molecule has 1 aromatic carbocycles. The van der Waals surface area contributed by atoms with Crippen molar-refractivity contribution in [2.75, 3.05) is 12.4 Å². The van der Waals surface area contributed by atoms with Gasteiger partial charge in [-0.05, 0) is 25.1 Å². The Morgan fingerprint density at radius 2 is 2.05 bits per heavy atom. The highest BCUT2D eigenvalue weighted by atomic mass is 19.2. The van der Waals surface area contributed by atoms with Crippen molar-refractivity contribution in [1.29, 1.82) is 0 Å². The van der Waals surface area contributed by atoms with E-state index in [4.69, 9.17) is 4.42 Å². The highest BCUT2D eigenvalue weighted by Crippen LogP contribution is 2.18. The Hall–Kier alpha value is -2.37. The van der Waals surface area contributed by atoms with E-state index < -0.39 is 17.6 Å². The minimum Gasteiger partial charge on any atom is -0.465 e. The van der Waals surface area contributed by atoms with Crippen molar-refractivity contribution in [3.8, 4) is 0 Å². The second-order valence-corrected chi connectivity index (χ2v) is 4.16. The van der Waals surface area contributed by atoms with Crippen LogP contribution in [0.3, 0.4) is 0 Å². The summed E-state index contributed by atoms with van der Waals surface area (Å²) in [5, 5.41) is 2.87. The largest absolute Gasteiger partial charge is 0.465 e. The van der Waals surface area contributed by atoms with E-state index in [9.17, 15) is 13.6 Å². The number of rotatable bonds is 4. The molecule has 0 unspecified atom stereocenters. The van der Waals surface area contributed by atoms with Crippen LogP contribution < -0.4 is 5.32 Å². The predicted octanol–water partition coefficient (Wildman–Crippen LogP) is 3.26. The summed E-state index contributed by atoms with van der Waals surface area (Å²) < 4.78 is 35.8. The number of halogens is 2. The van der Waals surface area contributed by atoms with E-state index in [1.807, 2.05) is 0 Å². The van der Waals surface area contributed by atoms with E-state index in [0.29, 0.717) is 22.8 Å². The average Bonchev–Trinajstić information content (AvgIpc) is 2.80. The number of furan rings is 1. The number of benzene rings is 1.